The van der Waals surface area contributed by atoms with Crippen LogP contribution in [0.25, 0.3) is 0 Å². The molecule has 6 nitrogen and oxygen atoms in total. The zero-order chi connectivity index (χ0) is 15.4. The summed E-state index contributed by atoms with van der Waals surface area (Å²) < 4.78 is 16.5. The summed E-state index contributed by atoms with van der Waals surface area (Å²) in [6.45, 7) is 4.72. The molecule has 2 aliphatic rings. The van der Waals surface area contributed by atoms with Crippen molar-refractivity contribution in [3.8, 4) is 11.5 Å². The van der Waals surface area contributed by atoms with Gasteiger partial charge in [0.1, 0.15) is 0 Å². The molecule has 0 amide bonds. The fourth-order valence-corrected chi connectivity index (χ4v) is 2.70. The van der Waals surface area contributed by atoms with E-state index in [1.54, 1.807) is 7.05 Å². The van der Waals surface area contributed by atoms with E-state index in [0.29, 0.717) is 13.3 Å². The number of ether oxygens (including phenoxy) is 3. The topological polar surface area (TPSA) is 64.1 Å². The maximum absolute atomic E-state index is 5.77. The molecule has 1 aromatic rings. The van der Waals surface area contributed by atoms with Crippen molar-refractivity contribution in [2.45, 2.75) is 31.9 Å². The van der Waals surface area contributed by atoms with Gasteiger partial charge in [0, 0.05) is 26.7 Å². The summed E-state index contributed by atoms with van der Waals surface area (Å²) in [4.78, 5) is 4.25. The van der Waals surface area contributed by atoms with E-state index >= 15 is 0 Å². The summed E-state index contributed by atoms with van der Waals surface area (Å²) in [6, 6.07) is 5.95. The van der Waals surface area contributed by atoms with Gasteiger partial charge in [-0.15, -0.1) is 0 Å². The molecule has 0 saturated carbocycles. The van der Waals surface area contributed by atoms with Crippen molar-refractivity contribution >= 4 is 5.96 Å². The molecule has 0 bridgehead atoms. The van der Waals surface area contributed by atoms with Gasteiger partial charge in [-0.25, -0.2) is 0 Å². The van der Waals surface area contributed by atoms with Crippen molar-refractivity contribution in [2.75, 3.05) is 27.0 Å². The first-order valence-corrected chi connectivity index (χ1v) is 7.66. The second-order valence-corrected chi connectivity index (χ2v) is 5.87. The monoisotopic (exact) mass is 305 g/mol. The molecule has 120 valence electrons. The van der Waals surface area contributed by atoms with E-state index in [2.05, 4.69) is 22.5 Å². The van der Waals surface area contributed by atoms with Crippen LogP contribution < -0.4 is 20.1 Å². The molecule has 2 N–H and O–H groups in total. The highest BCUT2D eigenvalue weighted by molar-refractivity contribution is 5.79. The maximum Gasteiger partial charge on any atom is 0.231 e. The first-order chi connectivity index (χ1) is 10.7. The Labute approximate surface area is 130 Å². The first kappa shape index (κ1) is 15.0. The zero-order valence-electron chi connectivity index (χ0n) is 13.1. The molecule has 1 atom stereocenters. The first-order valence-electron chi connectivity index (χ1n) is 7.66. The van der Waals surface area contributed by atoms with Gasteiger partial charge in [0.2, 0.25) is 6.79 Å². The molecular weight excluding hydrogens is 282 g/mol. The summed E-state index contributed by atoms with van der Waals surface area (Å²) in [5.41, 5.74) is 1.03. The van der Waals surface area contributed by atoms with Crippen LogP contribution in [0, 0.1) is 0 Å². The average molecular weight is 305 g/mol. The Bertz CT molecular complexity index is 554. The number of aliphatic imine (C=N–C) groups is 1. The van der Waals surface area contributed by atoms with Crippen molar-refractivity contribution in [3.05, 3.63) is 23.8 Å². The summed E-state index contributed by atoms with van der Waals surface area (Å²) in [7, 11) is 1.77. The van der Waals surface area contributed by atoms with E-state index < -0.39 is 0 Å². The Hall–Kier alpha value is -1.95. The minimum Gasteiger partial charge on any atom is -0.454 e. The van der Waals surface area contributed by atoms with Crippen LogP contribution in [-0.2, 0) is 11.3 Å². The van der Waals surface area contributed by atoms with Gasteiger partial charge >= 0.3 is 0 Å². The highest BCUT2D eigenvalue weighted by Gasteiger charge is 2.29. The molecule has 0 radical (unpaired) electrons. The zero-order valence-corrected chi connectivity index (χ0v) is 13.1. The summed E-state index contributed by atoms with van der Waals surface area (Å²) in [6.07, 6.45) is 2.21. The van der Waals surface area contributed by atoms with Gasteiger partial charge in [-0.2, -0.15) is 0 Å². The number of nitrogens with zero attached hydrogens (tertiary/aromatic N) is 1. The summed E-state index contributed by atoms with van der Waals surface area (Å²) >= 11 is 0. The molecule has 2 aliphatic heterocycles. The molecule has 1 saturated heterocycles. The highest BCUT2D eigenvalue weighted by atomic mass is 16.7. The van der Waals surface area contributed by atoms with Crippen LogP contribution in [0.4, 0.5) is 0 Å². The molecule has 3 rings (SSSR count). The molecule has 1 fully saturated rings. The van der Waals surface area contributed by atoms with Crippen molar-refractivity contribution in [1.29, 1.82) is 0 Å². The van der Waals surface area contributed by atoms with E-state index in [1.807, 2.05) is 18.2 Å². The van der Waals surface area contributed by atoms with Crippen LogP contribution in [0.5, 0.6) is 11.5 Å². The lowest BCUT2D eigenvalue weighted by atomic mass is 10.0. The number of hydrogen-bond acceptors (Lipinski definition) is 4. The van der Waals surface area contributed by atoms with E-state index in [1.165, 1.54) is 0 Å². The van der Waals surface area contributed by atoms with Crippen molar-refractivity contribution < 1.29 is 14.2 Å². The molecule has 0 aliphatic carbocycles. The second kappa shape index (κ2) is 6.44. The Balaban J connectivity index is 1.50. The number of rotatable bonds is 4. The third kappa shape index (κ3) is 3.44. The van der Waals surface area contributed by atoms with Crippen molar-refractivity contribution in [2.24, 2.45) is 4.99 Å². The number of benzene rings is 1. The van der Waals surface area contributed by atoms with Crippen LogP contribution in [0.1, 0.15) is 25.3 Å². The van der Waals surface area contributed by atoms with Crippen molar-refractivity contribution in [1.82, 2.24) is 10.6 Å². The van der Waals surface area contributed by atoms with Crippen LogP contribution in [0.15, 0.2) is 23.2 Å². The van der Waals surface area contributed by atoms with E-state index in [9.17, 15) is 0 Å². The van der Waals surface area contributed by atoms with Crippen LogP contribution in [0.2, 0.25) is 0 Å². The SMILES string of the molecule is CN=C(NCc1ccc2c(c1)OCO2)NCC1(C)CCCO1. The minimum absolute atomic E-state index is 0.0869. The molecule has 1 unspecified atom stereocenters. The number of hydrogen-bond donors (Lipinski definition) is 2. The quantitative estimate of drug-likeness (QED) is 0.654. The fraction of sp³-hybridized carbons (Fsp3) is 0.562. The minimum atomic E-state index is -0.0869. The second-order valence-electron chi connectivity index (χ2n) is 5.87. The third-order valence-electron chi connectivity index (χ3n) is 4.05. The molecular formula is C16H23N3O3. The lowest BCUT2D eigenvalue weighted by Crippen LogP contribution is -2.45. The Morgan fingerprint density at radius 3 is 2.91 bits per heavy atom. The van der Waals surface area contributed by atoms with Gasteiger partial charge < -0.3 is 24.8 Å². The van der Waals surface area contributed by atoms with Crippen molar-refractivity contribution in [3.63, 3.8) is 0 Å². The lowest BCUT2D eigenvalue weighted by molar-refractivity contribution is 0.0243. The normalized spacial score (nSPS) is 23.6. The van der Waals surface area contributed by atoms with E-state index in [0.717, 1.165) is 49.0 Å². The largest absolute Gasteiger partial charge is 0.454 e. The average Bonchev–Trinajstić information content (AvgIpc) is 3.16. The van der Waals surface area contributed by atoms with Gasteiger partial charge in [-0.1, -0.05) is 6.07 Å². The summed E-state index contributed by atoms with van der Waals surface area (Å²) in [5.74, 6) is 2.38. The van der Waals surface area contributed by atoms with Gasteiger partial charge in [0.25, 0.3) is 0 Å². The molecule has 22 heavy (non-hydrogen) atoms. The number of fused-ring (bicyclic) bond motifs is 1. The van der Waals surface area contributed by atoms with Gasteiger partial charge in [0.15, 0.2) is 17.5 Å². The molecule has 0 spiro atoms. The van der Waals surface area contributed by atoms with Gasteiger partial charge in [0.05, 0.1) is 5.60 Å². The standard InChI is InChI=1S/C16H23N3O3/c1-16(6-3-7-22-16)10-19-15(17-2)18-9-12-4-5-13-14(8-12)21-11-20-13/h4-5,8H,3,6-7,9-11H2,1-2H3,(H2,17,18,19). The third-order valence-corrected chi connectivity index (χ3v) is 4.05. The fourth-order valence-electron chi connectivity index (χ4n) is 2.70. The van der Waals surface area contributed by atoms with E-state index in [-0.39, 0.29) is 5.60 Å². The van der Waals surface area contributed by atoms with Crippen LogP contribution in [-0.4, -0.2) is 38.6 Å². The van der Waals surface area contributed by atoms with Crippen LogP contribution in [0.3, 0.4) is 0 Å². The van der Waals surface area contributed by atoms with E-state index in [4.69, 9.17) is 14.2 Å². The Kier molecular flexibility index (Phi) is 4.38. The smallest absolute Gasteiger partial charge is 0.231 e. The van der Waals surface area contributed by atoms with Crippen LogP contribution >= 0.6 is 0 Å². The Morgan fingerprint density at radius 2 is 2.14 bits per heavy atom. The summed E-state index contributed by atoms with van der Waals surface area (Å²) in [5, 5.41) is 6.64. The molecule has 0 aromatic heterocycles. The number of guanidine groups is 1. The molecule has 6 heteroatoms. The number of nitrogens with one attached hydrogen (secondary N) is 2. The van der Waals surface area contributed by atoms with Gasteiger partial charge in [-0.05, 0) is 37.5 Å². The van der Waals surface area contributed by atoms with Gasteiger partial charge in [-0.3, -0.25) is 4.99 Å². The molecule has 2 heterocycles. The highest BCUT2D eigenvalue weighted by Crippen LogP contribution is 2.32. The maximum atomic E-state index is 5.77. The Morgan fingerprint density at radius 1 is 1.27 bits per heavy atom. The predicted molar refractivity (Wildman–Crippen MR) is 84.4 cm³/mol. The predicted octanol–water partition coefficient (Wildman–Crippen LogP) is 1.65. The molecule has 1 aromatic carbocycles. The lowest BCUT2D eigenvalue weighted by Gasteiger charge is -2.24.